The number of carbonyl (C=O) groups is 1. The summed E-state index contributed by atoms with van der Waals surface area (Å²) in [5.41, 5.74) is 2.65. The molecule has 0 bridgehead atoms. The molecule has 4 rings (SSSR count). The lowest BCUT2D eigenvalue weighted by atomic mass is 9.86. The molecule has 0 aromatic heterocycles. The van der Waals surface area contributed by atoms with Crippen molar-refractivity contribution < 1.29 is 17.6 Å². The molecular formula is C16H13BrFNO3S. The standard InChI is InChI=1S/C16H13BrFNO3S/c17-9-7-8(1-2-10(9)18)14-15-11(3-4-13(15)20)19-12-5-6-23(21,22)16(12)14/h1-2,7,14,19H,3-6H2/t14-/m1/s1. The minimum atomic E-state index is -3.41. The van der Waals surface area contributed by atoms with Crippen molar-refractivity contribution in [3.8, 4) is 0 Å². The highest BCUT2D eigenvalue weighted by Gasteiger charge is 2.45. The van der Waals surface area contributed by atoms with E-state index >= 15 is 0 Å². The molecule has 1 atom stereocenters. The molecule has 0 spiro atoms. The maximum absolute atomic E-state index is 13.6. The maximum Gasteiger partial charge on any atom is 0.177 e. The van der Waals surface area contributed by atoms with E-state index in [9.17, 15) is 17.6 Å². The van der Waals surface area contributed by atoms with Gasteiger partial charge in [0.2, 0.25) is 0 Å². The van der Waals surface area contributed by atoms with E-state index in [1.807, 2.05) is 0 Å². The van der Waals surface area contributed by atoms with E-state index in [1.165, 1.54) is 6.07 Å². The number of halogens is 2. The van der Waals surface area contributed by atoms with Gasteiger partial charge < -0.3 is 5.32 Å². The van der Waals surface area contributed by atoms with Crippen LogP contribution in [0.25, 0.3) is 0 Å². The normalized spacial score (nSPS) is 25.5. The van der Waals surface area contributed by atoms with Crippen LogP contribution in [-0.4, -0.2) is 20.0 Å². The minimum absolute atomic E-state index is 0.0356. The Morgan fingerprint density at radius 1 is 1.17 bits per heavy atom. The van der Waals surface area contributed by atoms with Crippen molar-refractivity contribution in [3.05, 3.63) is 55.9 Å². The summed E-state index contributed by atoms with van der Waals surface area (Å²) in [6.07, 6.45) is 1.42. The Hall–Kier alpha value is -1.47. The molecule has 0 fully saturated rings. The second-order valence-corrected chi connectivity index (χ2v) is 8.89. The second-order valence-electron chi connectivity index (χ2n) is 5.96. The SMILES string of the molecule is O=C1CCC2=C1[C@@H](c1ccc(F)c(Br)c1)C1=C(CCS1(=O)=O)N2. The molecule has 23 heavy (non-hydrogen) atoms. The number of rotatable bonds is 1. The van der Waals surface area contributed by atoms with Gasteiger partial charge in [-0.05, 0) is 40.0 Å². The summed E-state index contributed by atoms with van der Waals surface area (Å²) in [7, 11) is -3.41. The number of nitrogens with one attached hydrogen (secondary N) is 1. The molecule has 0 saturated heterocycles. The van der Waals surface area contributed by atoms with Crippen LogP contribution >= 0.6 is 15.9 Å². The van der Waals surface area contributed by atoms with Crippen molar-refractivity contribution in [2.45, 2.75) is 25.2 Å². The predicted octanol–water partition coefficient (Wildman–Crippen LogP) is 2.92. The molecule has 0 radical (unpaired) electrons. The molecule has 120 valence electrons. The Bertz CT molecular complexity index is 917. The van der Waals surface area contributed by atoms with Crippen molar-refractivity contribution in [1.82, 2.24) is 5.32 Å². The van der Waals surface area contributed by atoms with Crippen LogP contribution in [0, 0.1) is 5.82 Å². The fraction of sp³-hybridized carbons (Fsp3) is 0.312. The number of benzene rings is 1. The predicted molar refractivity (Wildman–Crippen MR) is 86.7 cm³/mol. The van der Waals surface area contributed by atoms with Crippen LogP contribution in [0.2, 0.25) is 0 Å². The molecule has 1 aromatic rings. The minimum Gasteiger partial charge on any atom is -0.361 e. The first-order valence-electron chi connectivity index (χ1n) is 7.32. The highest BCUT2D eigenvalue weighted by Crippen LogP contribution is 2.48. The highest BCUT2D eigenvalue weighted by molar-refractivity contribution is 9.10. The summed E-state index contributed by atoms with van der Waals surface area (Å²) < 4.78 is 38.8. The quantitative estimate of drug-likeness (QED) is 0.790. The van der Waals surface area contributed by atoms with Crippen molar-refractivity contribution in [1.29, 1.82) is 0 Å². The van der Waals surface area contributed by atoms with Crippen LogP contribution in [0.5, 0.6) is 0 Å². The zero-order valence-electron chi connectivity index (χ0n) is 12.0. The molecule has 0 saturated carbocycles. The number of Topliss-reactive ketones (excluding diaryl/α,β-unsaturated/α-hetero) is 1. The molecule has 1 aliphatic carbocycles. The summed E-state index contributed by atoms with van der Waals surface area (Å²) >= 11 is 3.14. The van der Waals surface area contributed by atoms with Crippen molar-refractivity contribution in [3.63, 3.8) is 0 Å². The van der Waals surface area contributed by atoms with E-state index in [-0.39, 0.29) is 20.9 Å². The number of hydrogen-bond acceptors (Lipinski definition) is 4. The van der Waals surface area contributed by atoms with Gasteiger partial charge in [0.25, 0.3) is 0 Å². The molecular weight excluding hydrogens is 385 g/mol. The zero-order valence-corrected chi connectivity index (χ0v) is 14.4. The van der Waals surface area contributed by atoms with Crippen LogP contribution in [-0.2, 0) is 14.6 Å². The first kappa shape index (κ1) is 15.1. The van der Waals surface area contributed by atoms with Gasteiger partial charge in [0, 0.05) is 29.8 Å². The Morgan fingerprint density at radius 3 is 2.70 bits per heavy atom. The Labute approximate surface area is 141 Å². The number of carbonyl (C=O) groups excluding carboxylic acids is 1. The Kier molecular flexibility index (Phi) is 3.29. The number of allylic oxidation sites excluding steroid dienone is 4. The summed E-state index contributed by atoms with van der Waals surface area (Å²) in [6.45, 7) is 0. The smallest absolute Gasteiger partial charge is 0.177 e. The third-order valence-corrected chi connectivity index (χ3v) is 7.11. The third kappa shape index (κ3) is 2.21. The van der Waals surface area contributed by atoms with E-state index in [2.05, 4.69) is 21.2 Å². The fourth-order valence-corrected chi connectivity index (χ4v) is 5.83. The summed E-state index contributed by atoms with van der Waals surface area (Å²) in [6, 6.07) is 4.42. The lowest BCUT2D eigenvalue weighted by Crippen LogP contribution is -2.26. The molecule has 2 heterocycles. The van der Waals surface area contributed by atoms with Gasteiger partial charge in [-0.1, -0.05) is 6.07 Å². The topological polar surface area (TPSA) is 63.2 Å². The van der Waals surface area contributed by atoms with Crippen molar-refractivity contribution in [2.75, 3.05) is 5.75 Å². The van der Waals surface area contributed by atoms with Crippen molar-refractivity contribution in [2.24, 2.45) is 0 Å². The molecule has 3 aliphatic rings. The third-order valence-electron chi connectivity index (χ3n) is 4.61. The Morgan fingerprint density at radius 2 is 1.96 bits per heavy atom. The van der Waals surface area contributed by atoms with Gasteiger partial charge in [0.15, 0.2) is 15.6 Å². The van der Waals surface area contributed by atoms with Crippen LogP contribution in [0.1, 0.15) is 30.7 Å². The number of sulfone groups is 1. The van der Waals surface area contributed by atoms with E-state index in [0.29, 0.717) is 36.1 Å². The summed E-state index contributed by atoms with van der Waals surface area (Å²) in [4.78, 5) is 12.6. The van der Waals surface area contributed by atoms with Gasteiger partial charge >= 0.3 is 0 Å². The summed E-state index contributed by atoms with van der Waals surface area (Å²) in [5.74, 6) is -1.02. The van der Waals surface area contributed by atoms with Gasteiger partial charge in [-0.15, -0.1) is 0 Å². The van der Waals surface area contributed by atoms with Crippen LogP contribution in [0.15, 0.2) is 44.5 Å². The van der Waals surface area contributed by atoms with Gasteiger partial charge in [0.1, 0.15) is 5.82 Å². The Balaban J connectivity index is 1.95. The first-order valence-corrected chi connectivity index (χ1v) is 9.77. The first-order chi connectivity index (χ1) is 10.9. The fourth-order valence-electron chi connectivity index (χ4n) is 3.60. The van der Waals surface area contributed by atoms with E-state index in [4.69, 9.17) is 0 Å². The van der Waals surface area contributed by atoms with Gasteiger partial charge in [-0.3, -0.25) is 4.79 Å². The number of dihydropyridines is 1. The monoisotopic (exact) mass is 397 g/mol. The van der Waals surface area contributed by atoms with Crippen LogP contribution in [0.4, 0.5) is 4.39 Å². The molecule has 2 aliphatic heterocycles. The number of ketones is 1. The van der Waals surface area contributed by atoms with E-state index < -0.39 is 21.6 Å². The molecule has 1 N–H and O–H groups in total. The molecule has 7 heteroatoms. The zero-order chi connectivity index (χ0) is 16.4. The maximum atomic E-state index is 13.6. The lowest BCUT2D eigenvalue weighted by molar-refractivity contribution is -0.115. The molecule has 1 aromatic carbocycles. The van der Waals surface area contributed by atoms with Crippen LogP contribution < -0.4 is 5.32 Å². The van der Waals surface area contributed by atoms with Gasteiger partial charge in [-0.2, -0.15) is 0 Å². The van der Waals surface area contributed by atoms with E-state index in [1.54, 1.807) is 12.1 Å². The summed E-state index contributed by atoms with van der Waals surface area (Å²) in [5, 5.41) is 3.16. The van der Waals surface area contributed by atoms with Gasteiger partial charge in [-0.25, -0.2) is 12.8 Å². The second kappa shape index (κ2) is 5.01. The lowest BCUT2D eigenvalue weighted by Gasteiger charge is -2.27. The average Bonchev–Trinajstić information content (AvgIpc) is 3.01. The largest absolute Gasteiger partial charge is 0.361 e. The number of hydrogen-bond donors (Lipinski definition) is 1. The molecule has 0 amide bonds. The molecule has 4 nitrogen and oxygen atoms in total. The van der Waals surface area contributed by atoms with E-state index in [0.717, 1.165) is 5.70 Å². The van der Waals surface area contributed by atoms with Gasteiger partial charge in [0.05, 0.1) is 21.0 Å². The average molecular weight is 398 g/mol. The van der Waals surface area contributed by atoms with Crippen LogP contribution in [0.3, 0.4) is 0 Å². The highest BCUT2D eigenvalue weighted by atomic mass is 79.9. The molecule has 0 unspecified atom stereocenters. The van der Waals surface area contributed by atoms with Crippen molar-refractivity contribution >= 4 is 31.6 Å².